The number of pyridine rings is 1. The maximum Gasteiger partial charge on any atom is 0.337 e. The molecule has 0 saturated carbocycles. The highest BCUT2D eigenvalue weighted by atomic mass is 32.2. The van der Waals surface area contributed by atoms with Gasteiger partial charge in [-0.1, -0.05) is 0 Å². The average molecular weight is 306 g/mol. The number of carbonyl (C=O) groups excluding carboxylic acids is 1. The molecular weight excluding hydrogens is 292 g/mol. The van der Waals surface area contributed by atoms with Crippen LogP contribution in [0, 0.1) is 4.78 Å². The summed E-state index contributed by atoms with van der Waals surface area (Å²) in [5, 5.41) is 8.93. The van der Waals surface area contributed by atoms with Gasteiger partial charge in [-0.15, -0.1) is 0 Å². The first kappa shape index (κ1) is 15.1. The van der Waals surface area contributed by atoms with Gasteiger partial charge in [-0.2, -0.15) is 0 Å². The van der Waals surface area contributed by atoms with Crippen molar-refractivity contribution < 1.29 is 18.8 Å². The summed E-state index contributed by atoms with van der Waals surface area (Å²) >= 11 is 0. The topological polar surface area (TPSA) is 100 Å². The van der Waals surface area contributed by atoms with Crippen molar-refractivity contribution in [1.29, 1.82) is 4.78 Å². The molecule has 0 aliphatic carbocycles. The van der Waals surface area contributed by atoms with Crippen molar-refractivity contribution in [3.05, 3.63) is 53.9 Å². The summed E-state index contributed by atoms with van der Waals surface area (Å²) in [7, 11) is -1.93. The van der Waals surface area contributed by atoms with Gasteiger partial charge in [0.15, 0.2) is 0 Å². The molecule has 2 N–H and O–H groups in total. The zero-order chi connectivity index (χ0) is 15.5. The number of hydrogen-bond acceptors (Lipinski definition) is 6. The Bertz CT molecular complexity index is 738. The van der Waals surface area contributed by atoms with Crippen molar-refractivity contribution in [1.82, 2.24) is 4.98 Å². The second kappa shape index (κ2) is 6.02. The molecule has 0 bridgehead atoms. The molecule has 7 heteroatoms. The zero-order valence-corrected chi connectivity index (χ0v) is 12.1. The van der Waals surface area contributed by atoms with Crippen LogP contribution in [0.5, 0.6) is 0 Å². The van der Waals surface area contributed by atoms with Crippen molar-refractivity contribution in [3.8, 4) is 0 Å². The van der Waals surface area contributed by atoms with Crippen LogP contribution >= 0.6 is 0 Å². The Labute approximate surface area is 122 Å². The van der Waals surface area contributed by atoms with Crippen LogP contribution in [0.15, 0.2) is 52.4 Å². The molecular formula is C14H14N2O4S. The summed E-state index contributed by atoms with van der Waals surface area (Å²) in [6.07, 6.45) is 1.31. The molecule has 6 nitrogen and oxygen atoms in total. The van der Waals surface area contributed by atoms with E-state index < -0.39 is 15.7 Å². The van der Waals surface area contributed by atoms with Gasteiger partial charge in [-0.3, -0.25) is 4.98 Å². The number of hydrogen-bond donors (Lipinski definition) is 2. The number of aliphatic hydroxyl groups excluding tert-OH is 1. The summed E-state index contributed by atoms with van der Waals surface area (Å²) in [6.45, 7) is -0.215. The predicted molar refractivity (Wildman–Crippen MR) is 75.3 cm³/mol. The number of esters is 1. The van der Waals surface area contributed by atoms with Gasteiger partial charge in [0.25, 0.3) is 0 Å². The molecule has 1 aromatic heterocycles. The summed E-state index contributed by atoms with van der Waals surface area (Å²) in [5.41, 5.74) is 0.764. The lowest BCUT2D eigenvalue weighted by molar-refractivity contribution is 0.0600. The number of nitrogens with zero attached hydrogens (tertiary/aromatic N) is 1. The number of ether oxygens (including phenoxy) is 1. The standard InChI is InChI=1S/C14H14N2O4S/c1-20-14(18)10-2-5-12(6-3-10)21(15,19)13-7-4-11(9-17)16-8-13/h2-8,15,17H,9H2,1H3. The van der Waals surface area contributed by atoms with Gasteiger partial charge in [-0.25, -0.2) is 13.8 Å². The number of nitrogens with one attached hydrogen (secondary N) is 1. The normalized spacial score (nSPS) is 13.4. The van der Waals surface area contributed by atoms with Gasteiger partial charge in [-0.05, 0) is 36.4 Å². The molecule has 0 aliphatic heterocycles. The van der Waals surface area contributed by atoms with E-state index in [-0.39, 0.29) is 16.4 Å². The van der Waals surface area contributed by atoms with Gasteiger partial charge in [0.05, 0.1) is 34.8 Å². The van der Waals surface area contributed by atoms with Crippen LogP contribution < -0.4 is 0 Å². The molecule has 1 aromatic carbocycles. The molecule has 21 heavy (non-hydrogen) atoms. The zero-order valence-electron chi connectivity index (χ0n) is 11.3. The van der Waals surface area contributed by atoms with E-state index in [0.29, 0.717) is 11.3 Å². The van der Waals surface area contributed by atoms with Gasteiger partial charge in [0, 0.05) is 6.20 Å². The van der Waals surface area contributed by atoms with Crippen LogP contribution in [-0.2, 0) is 21.1 Å². The second-order valence-corrected chi connectivity index (χ2v) is 6.27. The minimum absolute atomic E-state index is 0.215. The highest BCUT2D eigenvalue weighted by Gasteiger charge is 2.15. The molecule has 0 fully saturated rings. The molecule has 0 spiro atoms. The quantitative estimate of drug-likeness (QED) is 0.839. The molecule has 2 rings (SSSR count). The number of rotatable bonds is 4. The minimum Gasteiger partial charge on any atom is -0.465 e. The lowest BCUT2D eigenvalue weighted by atomic mass is 10.2. The van der Waals surface area contributed by atoms with Crippen LogP contribution in [0.1, 0.15) is 16.1 Å². The Hall–Kier alpha value is -2.25. The first-order valence-electron chi connectivity index (χ1n) is 6.02. The van der Waals surface area contributed by atoms with E-state index in [1.165, 1.54) is 49.7 Å². The fourth-order valence-corrected chi connectivity index (χ4v) is 2.96. The van der Waals surface area contributed by atoms with E-state index in [1.54, 1.807) is 0 Å². The maximum atomic E-state index is 12.6. The van der Waals surface area contributed by atoms with Crippen LogP contribution in [0.2, 0.25) is 0 Å². The summed E-state index contributed by atoms with van der Waals surface area (Å²) < 4.78 is 25.2. The highest BCUT2D eigenvalue weighted by Crippen LogP contribution is 2.21. The lowest BCUT2D eigenvalue weighted by Crippen LogP contribution is -2.04. The fraction of sp³-hybridized carbons (Fsp3) is 0.143. The summed E-state index contributed by atoms with van der Waals surface area (Å²) in [5.74, 6) is -0.494. The van der Waals surface area contributed by atoms with E-state index >= 15 is 0 Å². The van der Waals surface area contributed by atoms with Crippen molar-refractivity contribution in [2.24, 2.45) is 0 Å². The molecule has 1 atom stereocenters. The number of aliphatic hydroxyl groups is 1. The molecule has 0 radical (unpaired) electrons. The molecule has 1 unspecified atom stereocenters. The Morgan fingerprint density at radius 1 is 1.24 bits per heavy atom. The van der Waals surface area contributed by atoms with E-state index in [4.69, 9.17) is 9.89 Å². The van der Waals surface area contributed by atoms with E-state index in [0.717, 1.165) is 0 Å². The SMILES string of the molecule is COC(=O)c1ccc(S(=N)(=O)c2ccc(CO)nc2)cc1. The predicted octanol–water partition coefficient (Wildman–Crippen LogP) is 1.83. The fourth-order valence-electron chi connectivity index (χ4n) is 1.71. The molecule has 0 saturated heterocycles. The monoisotopic (exact) mass is 306 g/mol. The Balaban J connectivity index is 2.36. The van der Waals surface area contributed by atoms with Crippen LogP contribution in [0.3, 0.4) is 0 Å². The van der Waals surface area contributed by atoms with Gasteiger partial charge >= 0.3 is 5.97 Å². The van der Waals surface area contributed by atoms with Crippen molar-refractivity contribution in [2.45, 2.75) is 16.4 Å². The molecule has 2 aromatic rings. The Morgan fingerprint density at radius 2 is 1.86 bits per heavy atom. The third-order valence-electron chi connectivity index (χ3n) is 2.90. The molecule has 1 heterocycles. The van der Waals surface area contributed by atoms with Crippen LogP contribution in [0.4, 0.5) is 0 Å². The Morgan fingerprint density at radius 3 is 2.33 bits per heavy atom. The second-order valence-electron chi connectivity index (χ2n) is 4.22. The first-order valence-corrected chi connectivity index (χ1v) is 7.58. The number of carbonyl (C=O) groups is 1. The van der Waals surface area contributed by atoms with Crippen LogP contribution in [-0.4, -0.2) is 27.4 Å². The molecule has 0 amide bonds. The van der Waals surface area contributed by atoms with Crippen molar-refractivity contribution >= 4 is 15.7 Å². The summed E-state index contributed by atoms with van der Waals surface area (Å²) in [6, 6.07) is 8.87. The van der Waals surface area contributed by atoms with E-state index in [9.17, 15) is 9.00 Å². The van der Waals surface area contributed by atoms with Crippen LogP contribution in [0.25, 0.3) is 0 Å². The maximum absolute atomic E-state index is 12.6. The summed E-state index contributed by atoms with van der Waals surface area (Å²) in [4.78, 5) is 15.8. The van der Waals surface area contributed by atoms with E-state index in [2.05, 4.69) is 9.72 Å². The highest BCUT2D eigenvalue weighted by molar-refractivity contribution is 7.92. The molecule has 110 valence electrons. The third kappa shape index (κ3) is 3.09. The average Bonchev–Trinajstić information content (AvgIpc) is 2.54. The number of aromatic nitrogens is 1. The minimum atomic E-state index is -3.21. The third-order valence-corrected chi connectivity index (χ3v) is 4.74. The van der Waals surface area contributed by atoms with Gasteiger partial charge in [0.1, 0.15) is 9.73 Å². The number of benzene rings is 1. The first-order chi connectivity index (χ1) is 9.98. The molecule has 0 aliphatic rings. The Kier molecular flexibility index (Phi) is 4.35. The van der Waals surface area contributed by atoms with Crippen molar-refractivity contribution in [2.75, 3.05) is 7.11 Å². The smallest absolute Gasteiger partial charge is 0.337 e. The van der Waals surface area contributed by atoms with Crippen molar-refractivity contribution in [3.63, 3.8) is 0 Å². The van der Waals surface area contributed by atoms with E-state index in [1.807, 2.05) is 0 Å². The van der Waals surface area contributed by atoms with Gasteiger partial charge in [0.2, 0.25) is 0 Å². The lowest BCUT2D eigenvalue weighted by Gasteiger charge is -2.08. The largest absolute Gasteiger partial charge is 0.465 e. The number of methoxy groups -OCH3 is 1. The van der Waals surface area contributed by atoms with Gasteiger partial charge < -0.3 is 9.84 Å².